The lowest BCUT2D eigenvalue weighted by atomic mass is 10.1. The number of rotatable bonds is 10. The van der Waals surface area contributed by atoms with Gasteiger partial charge in [0.1, 0.15) is 5.75 Å². The molecule has 2 aromatic carbocycles. The monoisotopic (exact) mass is 375 g/mol. The molecule has 0 N–H and O–H groups in total. The van der Waals surface area contributed by atoms with Crippen LogP contribution in [0, 0.1) is 0 Å². The maximum absolute atomic E-state index is 13.0. The lowest BCUT2D eigenvalue weighted by molar-refractivity contribution is 0.323. The average Bonchev–Trinajstić information content (AvgIpc) is 2.65. The number of hydrogen-bond acceptors (Lipinski definition) is 3. The van der Waals surface area contributed by atoms with Crippen LogP contribution in [0.25, 0.3) is 0 Å². The third kappa shape index (κ3) is 5.58. The molecule has 0 saturated heterocycles. The topological polar surface area (TPSA) is 46.6 Å². The summed E-state index contributed by atoms with van der Waals surface area (Å²) in [5, 5.41) is 0. The minimum Gasteiger partial charge on any atom is -0.496 e. The molecule has 0 aliphatic heterocycles. The van der Waals surface area contributed by atoms with Crippen molar-refractivity contribution in [2.45, 2.75) is 45.7 Å². The van der Waals surface area contributed by atoms with Crippen molar-refractivity contribution >= 4 is 10.0 Å². The van der Waals surface area contributed by atoms with Gasteiger partial charge in [-0.25, -0.2) is 8.42 Å². The summed E-state index contributed by atoms with van der Waals surface area (Å²) < 4.78 is 33.0. The first-order valence-electron chi connectivity index (χ1n) is 9.13. The summed E-state index contributed by atoms with van der Waals surface area (Å²) in [5.41, 5.74) is 2.02. The van der Waals surface area contributed by atoms with Crippen molar-refractivity contribution < 1.29 is 13.2 Å². The molecular formula is C21H29NO3S. The molecule has 0 heterocycles. The van der Waals surface area contributed by atoms with Crippen molar-refractivity contribution in [1.29, 1.82) is 0 Å². The molecule has 0 radical (unpaired) electrons. The zero-order chi connectivity index (χ0) is 19.0. The molecule has 2 aromatic rings. The predicted octanol–water partition coefficient (Wildman–Crippen LogP) is 4.26. The van der Waals surface area contributed by atoms with Crippen molar-refractivity contribution in [3.8, 4) is 5.75 Å². The summed E-state index contributed by atoms with van der Waals surface area (Å²) in [6.07, 6.45) is 2.15. The van der Waals surface area contributed by atoms with E-state index in [1.165, 1.54) is 0 Å². The Kier molecular flexibility index (Phi) is 7.66. The van der Waals surface area contributed by atoms with Crippen molar-refractivity contribution in [3.63, 3.8) is 0 Å². The van der Waals surface area contributed by atoms with E-state index in [9.17, 15) is 8.42 Å². The van der Waals surface area contributed by atoms with Crippen LogP contribution in [-0.4, -0.2) is 31.6 Å². The zero-order valence-electron chi connectivity index (χ0n) is 15.9. The summed E-state index contributed by atoms with van der Waals surface area (Å²) in [4.78, 5) is 0. The highest BCUT2D eigenvalue weighted by Gasteiger charge is 2.27. The van der Waals surface area contributed by atoms with Gasteiger partial charge in [0, 0.05) is 12.6 Å². The predicted molar refractivity (Wildman–Crippen MR) is 107 cm³/mol. The van der Waals surface area contributed by atoms with Gasteiger partial charge < -0.3 is 4.74 Å². The van der Waals surface area contributed by atoms with E-state index in [1.807, 2.05) is 68.4 Å². The number of para-hydroxylation sites is 1. The Bertz CT molecular complexity index is 775. The molecule has 0 aliphatic carbocycles. The van der Waals surface area contributed by atoms with Gasteiger partial charge in [-0.15, -0.1) is 0 Å². The second-order valence-electron chi connectivity index (χ2n) is 6.57. The van der Waals surface area contributed by atoms with Gasteiger partial charge in [0.15, 0.2) is 0 Å². The Hall–Kier alpha value is -1.85. The Morgan fingerprint density at radius 2 is 1.69 bits per heavy atom. The molecule has 4 nitrogen and oxygen atoms in total. The normalized spacial score (nSPS) is 12.9. The average molecular weight is 376 g/mol. The Morgan fingerprint density at radius 3 is 2.35 bits per heavy atom. The number of nitrogens with zero attached hydrogens (tertiary/aromatic N) is 1. The molecule has 0 spiro atoms. The lowest BCUT2D eigenvalue weighted by Gasteiger charge is -2.29. The molecule has 0 aliphatic rings. The van der Waals surface area contributed by atoms with Crippen LogP contribution in [0.3, 0.4) is 0 Å². The van der Waals surface area contributed by atoms with Gasteiger partial charge in [-0.05, 0) is 37.0 Å². The first-order chi connectivity index (χ1) is 12.5. The van der Waals surface area contributed by atoms with E-state index in [0.717, 1.165) is 23.3 Å². The summed E-state index contributed by atoms with van der Waals surface area (Å²) in [6, 6.07) is 17.4. The Morgan fingerprint density at radius 1 is 1.04 bits per heavy atom. The molecule has 0 saturated carbocycles. The number of unbranched alkanes of at least 4 members (excludes halogenated alkanes) is 1. The van der Waals surface area contributed by atoms with Gasteiger partial charge in [-0.2, -0.15) is 4.31 Å². The van der Waals surface area contributed by atoms with E-state index in [1.54, 1.807) is 11.4 Å². The first-order valence-corrected chi connectivity index (χ1v) is 10.7. The van der Waals surface area contributed by atoms with E-state index in [-0.39, 0.29) is 11.8 Å². The Labute approximate surface area is 157 Å². The minimum absolute atomic E-state index is 0.159. The Balaban J connectivity index is 2.26. The molecular weight excluding hydrogens is 346 g/mol. The van der Waals surface area contributed by atoms with Crippen LogP contribution in [0.1, 0.15) is 37.8 Å². The molecule has 0 amide bonds. The van der Waals surface area contributed by atoms with Crippen molar-refractivity contribution in [3.05, 3.63) is 65.7 Å². The van der Waals surface area contributed by atoms with Crippen LogP contribution in [0.2, 0.25) is 0 Å². The van der Waals surface area contributed by atoms with Gasteiger partial charge in [0.25, 0.3) is 0 Å². The highest BCUT2D eigenvalue weighted by molar-refractivity contribution is 7.89. The summed E-state index contributed by atoms with van der Waals surface area (Å²) >= 11 is 0. The maximum Gasteiger partial charge on any atom is 0.214 e. The van der Waals surface area contributed by atoms with Gasteiger partial charge in [0.2, 0.25) is 10.0 Å². The third-order valence-electron chi connectivity index (χ3n) is 4.49. The van der Waals surface area contributed by atoms with Crippen molar-refractivity contribution in [1.82, 2.24) is 4.31 Å². The van der Waals surface area contributed by atoms with Crippen LogP contribution >= 0.6 is 0 Å². The van der Waals surface area contributed by atoms with E-state index in [0.29, 0.717) is 19.4 Å². The number of benzene rings is 2. The number of hydrogen-bond donors (Lipinski definition) is 0. The second-order valence-corrected chi connectivity index (χ2v) is 8.61. The van der Waals surface area contributed by atoms with Gasteiger partial charge >= 0.3 is 0 Å². The molecule has 1 unspecified atom stereocenters. The first kappa shape index (κ1) is 20.5. The van der Waals surface area contributed by atoms with Crippen molar-refractivity contribution in [2.75, 3.05) is 12.9 Å². The molecule has 0 fully saturated rings. The van der Waals surface area contributed by atoms with Gasteiger partial charge in [-0.3, -0.25) is 0 Å². The molecule has 2 rings (SSSR count). The quantitative estimate of drug-likeness (QED) is 0.623. The van der Waals surface area contributed by atoms with Gasteiger partial charge in [-0.1, -0.05) is 61.9 Å². The number of methoxy groups -OCH3 is 1. The fourth-order valence-corrected chi connectivity index (χ4v) is 4.88. The highest BCUT2D eigenvalue weighted by atomic mass is 32.2. The number of sulfonamides is 1. The van der Waals surface area contributed by atoms with Crippen LogP contribution in [0.4, 0.5) is 0 Å². The van der Waals surface area contributed by atoms with Crippen LogP contribution in [0.15, 0.2) is 54.6 Å². The van der Waals surface area contributed by atoms with Gasteiger partial charge in [0.05, 0.1) is 12.9 Å². The van der Waals surface area contributed by atoms with E-state index < -0.39 is 10.0 Å². The van der Waals surface area contributed by atoms with Crippen LogP contribution in [-0.2, 0) is 23.0 Å². The van der Waals surface area contributed by atoms with Crippen molar-refractivity contribution in [2.24, 2.45) is 0 Å². The summed E-state index contributed by atoms with van der Waals surface area (Å²) in [7, 11) is -1.69. The molecule has 0 bridgehead atoms. The smallest absolute Gasteiger partial charge is 0.214 e. The van der Waals surface area contributed by atoms with E-state index in [2.05, 4.69) is 0 Å². The third-order valence-corrected chi connectivity index (χ3v) is 6.50. The van der Waals surface area contributed by atoms with E-state index >= 15 is 0 Å². The molecule has 5 heteroatoms. The fraction of sp³-hybridized carbons (Fsp3) is 0.429. The van der Waals surface area contributed by atoms with E-state index in [4.69, 9.17) is 4.74 Å². The summed E-state index contributed by atoms with van der Waals surface area (Å²) in [5.74, 6) is 0.983. The minimum atomic E-state index is -3.33. The van der Waals surface area contributed by atoms with Crippen LogP contribution < -0.4 is 4.74 Å². The maximum atomic E-state index is 13.0. The fourth-order valence-electron chi connectivity index (χ4n) is 3.03. The molecule has 142 valence electrons. The second kappa shape index (κ2) is 9.74. The molecule has 0 aromatic heterocycles. The molecule has 26 heavy (non-hydrogen) atoms. The highest BCUT2D eigenvalue weighted by Crippen LogP contribution is 2.23. The summed E-state index contributed by atoms with van der Waals surface area (Å²) in [6.45, 7) is 4.37. The number of ether oxygens (including phenoxy) is 1. The lowest BCUT2D eigenvalue weighted by Crippen LogP contribution is -2.40. The standard InChI is InChI=1S/C21H29NO3S/c1-4-5-15-26(23,24)22(17-19-11-7-6-8-12-19)18(2)16-20-13-9-10-14-21(20)25-3/h6-14,18H,4-5,15-17H2,1-3H3. The SMILES string of the molecule is CCCCS(=O)(=O)N(Cc1ccccc1)C(C)Cc1ccccc1OC. The largest absolute Gasteiger partial charge is 0.496 e. The van der Waals surface area contributed by atoms with Crippen LogP contribution in [0.5, 0.6) is 5.75 Å². The zero-order valence-corrected chi connectivity index (χ0v) is 16.7. The molecule has 1 atom stereocenters.